The molecular weight excluding hydrogens is 544 g/mol. The lowest BCUT2D eigenvalue weighted by Crippen LogP contribution is -2.35. The van der Waals surface area contributed by atoms with E-state index in [1.165, 1.54) is 16.9 Å². The number of fused-ring (bicyclic) bond motifs is 2. The summed E-state index contributed by atoms with van der Waals surface area (Å²) in [5, 5.41) is 1.19. The number of benzene rings is 1. The largest absolute Gasteiger partial charge is 0.417 e. The lowest BCUT2D eigenvalue weighted by atomic mass is 10.0. The van der Waals surface area contributed by atoms with Crippen molar-refractivity contribution in [1.29, 1.82) is 0 Å². The fourth-order valence-corrected chi connectivity index (χ4v) is 9.60. The first-order valence-corrected chi connectivity index (χ1v) is 17.4. The third-order valence-corrected chi connectivity index (χ3v) is 10.6. The Hall–Kier alpha value is -2.16. The highest BCUT2D eigenvalue weighted by atomic mass is 79.9. The minimum Gasteiger partial charge on any atom is -0.417 e. The Morgan fingerprint density at radius 3 is 2.57 bits per heavy atom. The zero-order valence-corrected chi connectivity index (χ0v) is 25.3. The third-order valence-electron chi connectivity index (χ3n) is 7.17. The van der Waals surface area contributed by atoms with Gasteiger partial charge < -0.3 is 8.99 Å². The van der Waals surface area contributed by atoms with Gasteiger partial charge in [0.1, 0.15) is 0 Å². The Balaban J connectivity index is 1.37. The summed E-state index contributed by atoms with van der Waals surface area (Å²) in [4.78, 5) is 17.9. The first-order valence-electron chi connectivity index (χ1n) is 13.5. The number of rotatable bonds is 10. The number of imidazole rings is 1. The van der Waals surface area contributed by atoms with Crippen molar-refractivity contribution >= 4 is 46.2 Å². The summed E-state index contributed by atoms with van der Waals surface area (Å²) >= 11 is 3.63. The minimum absolute atomic E-state index is 0.0722. The number of unbranched alkanes of at least 4 members (excludes halogenated alkanes) is 1. The minimum atomic E-state index is -1.66. The predicted molar refractivity (Wildman–Crippen MR) is 158 cm³/mol. The van der Waals surface area contributed by atoms with E-state index < -0.39 is 8.32 Å². The Kier molecular flexibility index (Phi) is 7.28. The number of halogens is 1. The summed E-state index contributed by atoms with van der Waals surface area (Å²) in [6.45, 7) is 13.8. The second-order valence-electron chi connectivity index (χ2n) is 12.4. The van der Waals surface area contributed by atoms with Crippen molar-refractivity contribution < 1.29 is 4.43 Å². The van der Waals surface area contributed by atoms with Crippen LogP contribution < -0.4 is 5.69 Å². The molecule has 0 N–H and O–H groups in total. The van der Waals surface area contributed by atoms with Gasteiger partial charge in [0.25, 0.3) is 0 Å². The van der Waals surface area contributed by atoms with E-state index in [0.29, 0.717) is 18.0 Å². The van der Waals surface area contributed by atoms with Crippen molar-refractivity contribution in [2.45, 2.75) is 84.7 Å². The molecule has 0 aliphatic heterocycles. The lowest BCUT2D eigenvalue weighted by Gasteiger charge is -2.30. The summed E-state index contributed by atoms with van der Waals surface area (Å²) < 4.78 is 13.8. The molecule has 0 amide bonds. The molecule has 8 heteroatoms. The van der Waals surface area contributed by atoms with Crippen molar-refractivity contribution in [3.8, 4) is 0 Å². The molecule has 198 valence electrons. The van der Waals surface area contributed by atoms with Crippen LogP contribution in [0.5, 0.6) is 0 Å². The van der Waals surface area contributed by atoms with Crippen LogP contribution in [-0.2, 0) is 17.5 Å². The molecule has 1 aliphatic carbocycles. The van der Waals surface area contributed by atoms with Gasteiger partial charge in [-0.1, -0.05) is 36.7 Å². The van der Waals surface area contributed by atoms with Crippen molar-refractivity contribution in [3.63, 3.8) is 0 Å². The molecule has 37 heavy (non-hydrogen) atoms. The number of hydrogen-bond acceptors (Lipinski definition) is 3. The molecule has 0 radical (unpaired) electrons. The molecule has 0 saturated heterocycles. The standard InChI is InChI=1S/C29H39BrN4O2Si/c1-29(2,3)20-37(4,5)36-15-7-6-14-32-24(17-21-16-22(30)8-11-25(21)32)19-33-27-18-31-13-12-26(27)34(28(33)35)23-9-10-23/h8,11-13,16-18,23H,6-7,9-10,14-15,19-20H2,1-5H3. The van der Waals surface area contributed by atoms with Gasteiger partial charge >= 0.3 is 5.69 Å². The summed E-state index contributed by atoms with van der Waals surface area (Å²) in [5.41, 5.74) is 4.64. The van der Waals surface area contributed by atoms with Gasteiger partial charge in [-0.2, -0.15) is 0 Å². The smallest absolute Gasteiger partial charge is 0.329 e. The van der Waals surface area contributed by atoms with E-state index in [-0.39, 0.29) is 5.69 Å². The van der Waals surface area contributed by atoms with Crippen LogP contribution in [0.1, 0.15) is 58.2 Å². The number of aryl methyl sites for hydroxylation is 1. The molecule has 0 unspecified atom stereocenters. The van der Waals surface area contributed by atoms with E-state index in [2.05, 4.69) is 83.6 Å². The summed E-state index contributed by atoms with van der Waals surface area (Å²) in [5.74, 6) is 0. The Bertz CT molecular complexity index is 1470. The molecule has 4 aromatic rings. The van der Waals surface area contributed by atoms with Gasteiger partial charge in [0.15, 0.2) is 8.32 Å². The Labute approximate surface area is 228 Å². The molecular formula is C29H39BrN4O2Si. The van der Waals surface area contributed by atoms with Gasteiger partial charge in [-0.25, -0.2) is 4.79 Å². The molecule has 1 aromatic carbocycles. The van der Waals surface area contributed by atoms with Gasteiger partial charge in [0.2, 0.25) is 0 Å². The Morgan fingerprint density at radius 2 is 1.84 bits per heavy atom. The SMILES string of the molecule is CC(C)(C)C[Si](C)(C)OCCCCn1c(Cn2c(=O)n(C3CC3)c3ccncc32)cc2cc(Br)ccc21. The van der Waals surface area contributed by atoms with Crippen LogP contribution in [0.25, 0.3) is 21.9 Å². The van der Waals surface area contributed by atoms with Gasteiger partial charge in [-0.3, -0.25) is 14.1 Å². The lowest BCUT2D eigenvalue weighted by molar-refractivity contribution is 0.280. The molecule has 1 fully saturated rings. The average molecular weight is 584 g/mol. The van der Waals surface area contributed by atoms with E-state index in [4.69, 9.17) is 4.43 Å². The highest BCUT2D eigenvalue weighted by Crippen LogP contribution is 2.36. The average Bonchev–Trinajstić information content (AvgIpc) is 3.52. The molecule has 5 rings (SSSR count). The zero-order valence-electron chi connectivity index (χ0n) is 22.8. The summed E-state index contributed by atoms with van der Waals surface area (Å²) in [6.07, 6.45) is 7.83. The fourth-order valence-electron chi connectivity index (χ4n) is 5.87. The van der Waals surface area contributed by atoms with Crippen LogP contribution in [-0.4, -0.2) is 33.6 Å². The summed E-state index contributed by atoms with van der Waals surface area (Å²) in [6, 6.07) is 12.1. The van der Waals surface area contributed by atoms with E-state index in [1.54, 1.807) is 6.20 Å². The quantitative estimate of drug-likeness (QED) is 0.145. The van der Waals surface area contributed by atoms with Crippen molar-refractivity contribution in [3.05, 3.63) is 63.4 Å². The second-order valence-corrected chi connectivity index (χ2v) is 17.5. The maximum absolute atomic E-state index is 13.5. The molecule has 1 aliphatic rings. The number of pyridine rings is 1. The van der Waals surface area contributed by atoms with Crippen molar-refractivity contribution in [2.75, 3.05) is 6.61 Å². The molecule has 3 aromatic heterocycles. The van der Waals surface area contributed by atoms with Gasteiger partial charge in [-0.15, -0.1) is 0 Å². The van der Waals surface area contributed by atoms with E-state index in [1.807, 2.05) is 21.4 Å². The van der Waals surface area contributed by atoms with E-state index >= 15 is 0 Å². The van der Waals surface area contributed by atoms with Gasteiger partial charge in [0, 0.05) is 46.5 Å². The maximum Gasteiger partial charge on any atom is 0.329 e. The molecule has 3 heterocycles. The van der Waals surface area contributed by atoms with E-state index in [0.717, 1.165) is 60.0 Å². The third kappa shape index (κ3) is 5.96. The van der Waals surface area contributed by atoms with Crippen LogP contribution in [0.4, 0.5) is 0 Å². The monoisotopic (exact) mass is 582 g/mol. The summed E-state index contributed by atoms with van der Waals surface area (Å²) in [7, 11) is -1.66. The maximum atomic E-state index is 13.5. The molecule has 6 nitrogen and oxygen atoms in total. The number of hydrogen-bond donors (Lipinski definition) is 0. The highest BCUT2D eigenvalue weighted by molar-refractivity contribution is 9.10. The zero-order chi connectivity index (χ0) is 26.4. The molecule has 0 atom stereocenters. The molecule has 1 saturated carbocycles. The van der Waals surface area contributed by atoms with Crippen molar-refractivity contribution in [1.82, 2.24) is 18.7 Å². The predicted octanol–water partition coefficient (Wildman–Crippen LogP) is 7.35. The molecule has 0 spiro atoms. The van der Waals surface area contributed by atoms with Crippen LogP contribution in [0, 0.1) is 5.41 Å². The van der Waals surface area contributed by atoms with Crippen LogP contribution in [0.15, 0.2) is 52.0 Å². The highest BCUT2D eigenvalue weighted by Gasteiger charge is 2.30. The Morgan fingerprint density at radius 1 is 1.05 bits per heavy atom. The second kappa shape index (κ2) is 10.2. The normalized spacial score (nSPS) is 14.8. The first-order chi connectivity index (χ1) is 17.5. The number of nitrogens with zero attached hydrogens (tertiary/aromatic N) is 4. The van der Waals surface area contributed by atoms with Crippen molar-refractivity contribution in [2.24, 2.45) is 5.41 Å². The van der Waals surface area contributed by atoms with Gasteiger partial charge in [-0.05, 0) is 80.6 Å². The first kappa shape index (κ1) is 26.4. The van der Waals surface area contributed by atoms with Crippen LogP contribution in [0.2, 0.25) is 19.1 Å². The van der Waals surface area contributed by atoms with Gasteiger partial charge in [0.05, 0.1) is 23.8 Å². The van der Waals surface area contributed by atoms with E-state index in [9.17, 15) is 4.79 Å². The number of aromatic nitrogens is 4. The van der Waals surface area contributed by atoms with Crippen LogP contribution in [0.3, 0.4) is 0 Å². The fraction of sp³-hybridized carbons (Fsp3) is 0.517. The van der Waals surface area contributed by atoms with Crippen LogP contribution >= 0.6 is 15.9 Å². The molecule has 0 bridgehead atoms. The topological polar surface area (TPSA) is 54.0 Å².